The molecule has 0 saturated carbocycles. The van der Waals surface area contributed by atoms with Gasteiger partial charge in [-0.3, -0.25) is 4.79 Å². The monoisotopic (exact) mass is 319 g/mol. The lowest BCUT2D eigenvalue weighted by Crippen LogP contribution is -2.20. The van der Waals surface area contributed by atoms with Crippen molar-refractivity contribution in [2.24, 2.45) is 7.05 Å². The molecule has 0 fully saturated rings. The number of esters is 1. The normalized spacial score (nSPS) is 11.0. The Morgan fingerprint density at radius 1 is 1.17 bits per heavy atom. The standard InChI is InChI=1S/C18H13N3O3/c1-21-10-20-15-8-11(6-7-16(15)21)24-18(23)17(22)13-9-19-14-5-3-2-4-12(13)14/h2-10,19H,1H3. The summed E-state index contributed by atoms with van der Waals surface area (Å²) in [4.78, 5) is 31.7. The number of imidazole rings is 1. The third-order valence-corrected chi connectivity index (χ3v) is 3.93. The van der Waals surface area contributed by atoms with Gasteiger partial charge in [0.15, 0.2) is 0 Å². The molecule has 0 aliphatic heterocycles. The molecule has 0 saturated heterocycles. The summed E-state index contributed by atoms with van der Waals surface area (Å²) in [5.74, 6) is -1.32. The molecule has 2 aromatic heterocycles. The molecule has 0 bridgehead atoms. The van der Waals surface area contributed by atoms with Crippen LogP contribution in [0.3, 0.4) is 0 Å². The number of H-pyrrole nitrogens is 1. The van der Waals surface area contributed by atoms with E-state index in [1.54, 1.807) is 30.6 Å². The van der Waals surface area contributed by atoms with E-state index in [9.17, 15) is 9.59 Å². The van der Waals surface area contributed by atoms with Crippen molar-refractivity contribution in [1.82, 2.24) is 14.5 Å². The van der Waals surface area contributed by atoms with Crippen molar-refractivity contribution >= 4 is 33.7 Å². The molecule has 0 amide bonds. The fourth-order valence-electron chi connectivity index (χ4n) is 2.70. The van der Waals surface area contributed by atoms with Gasteiger partial charge in [-0.15, -0.1) is 0 Å². The largest absolute Gasteiger partial charge is 0.420 e. The molecule has 4 rings (SSSR count). The number of aromatic amines is 1. The number of ketones is 1. The van der Waals surface area contributed by atoms with Crippen LogP contribution in [0.1, 0.15) is 10.4 Å². The summed E-state index contributed by atoms with van der Waals surface area (Å²) in [6.45, 7) is 0. The Labute approximate surface area is 136 Å². The number of hydrogen-bond acceptors (Lipinski definition) is 4. The summed E-state index contributed by atoms with van der Waals surface area (Å²) in [7, 11) is 1.88. The van der Waals surface area contributed by atoms with E-state index in [0.717, 1.165) is 11.0 Å². The minimum atomic E-state index is -0.921. The van der Waals surface area contributed by atoms with Crippen molar-refractivity contribution in [3.63, 3.8) is 0 Å². The maximum atomic E-state index is 12.4. The van der Waals surface area contributed by atoms with Crippen LogP contribution < -0.4 is 4.74 Å². The Hall–Kier alpha value is -3.41. The molecule has 6 nitrogen and oxygen atoms in total. The average molecular weight is 319 g/mol. The molecule has 118 valence electrons. The number of carbonyl (C=O) groups is 2. The van der Waals surface area contributed by atoms with Crippen LogP contribution in [0.2, 0.25) is 0 Å². The van der Waals surface area contributed by atoms with E-state index < -0.39 is 11.8 Å². The highest BCUT2D eigenvalue weighted by Gasteiger charge is 2.22. The number of aryl methyl sites for hydroxylation is 1. The zero-order chi connectivity index (χ0) is 16.7. The first-order valence-corrected chi connectivity index (χ1v) is 7.37. The summed E-state index contributed by atoms with van der Waals surface area (Å²) >= 11 is 0. The van der Waals surface area contributed by atoms with Crippen molar-refractivity contribution in [2.45, 2.75) is 0 Å². The van der Waals surface area contributed by atoms with E-state index in [4.69, 9.17) is 4.74 Å². The van der Waals surface area contributed by atoms with Crippen LogP contribution in [-0.2, 0) is 11.8 Å². The van der Waals surface area contributed by atoms with Gasteiger partial charge in [-0.05, 0) is 18.2 Å². The topological polar surface area (TPSA) is 77.0 Å². The maximum absolute atomic E-state index is 12.4. The van der Waals surface area contributed by atoms with Crippen LogP contribution in [0, 0.1) is 0 Å². The Balaban J connectivity index is 1.61. The number of para-hydroxylation sites is 1. The number of benzene rings is 2. The fraction of sp³-hybridized carbons (Fsp3) is 0.0556. The second-order valence-corrected chi connectivity index (χ2v) is 5.47. The summed E-state index contributed by atoms with van der Waals surface area (Å²) < 4.78 is 7.07. The molecule has 0 spiro atoms. The molecular formula is C18H13N3O3. The van der Waals surface area contributed by atoms with Gasteiger partial charge in [0.2, 0.25) is 0 Å². The molecule has 1 N–H and O–H groups in total. The van der Waals surface area contributed by atoms with Gasteiger partial charge >= 0.3 is 5.97 Å². The molecule has 2 heterocycles. The molecular weight excluding hydrogens is 306 g/mol. The Morgan fingerprint density at radius 2 is 2.00 bits per heavy atom. The Bertz CT molecular complexity index is 1090. The second kappa shape index (κ2) is 5.34. The van der Waals surface area contributed by atoms with E-state index in [-0.39, 0.29) is 0 Å². The summed E-state index contributed by atoms with van der Waals surface area (Å²) in [5.41, 5.74) is 2.71. The predicted octanol–water partition coefficient (Wildman–Crippen LogP) is 2.84. The maximum Gasteiger partial charge on any atom is 0.385 e. The Morgan fingerprint density at radius 3 is 2.88 bits per heavy atom. The first kappa shape index (κ1) is 14.2. The molecule has 24 heavy (non-hydrogen) atoms. The first-order valence-electron chi connectivity index (χ1n) is 7.37. The van der Waals surface area contributed by atoms with E-state index >= 15 is 0 Å². The van der Waals surface area contributed by atoms with E-state index in [2.05, 4.69) is 9.97 Å². The van der Waals surface area contributed by atoms with Crippen LogP contribution >= 0.6 is 0 Å². The lowest BCUT2D eigenvalue weighted by Gasteiger charge is -2.03. The molecule has 0 atom stereocenters. The van der Waals surface area contributed by atoms with Crippen molar-refractivity contribution < 1.29 is 14.3 Å². The number of nitrogens with zero attached hydrogens (tertiary/aromatic N) is 2. The van der Waals surface area contributed by atoms with Gasteiger partial charge in [-0.1, -0.05) is 18.2 Å². The lowest BCUT2D eigenvalue weighted by atomic mass is 10.1. The zero-order valence-electron chi connectivity index (χ0n) is 12.8. The molecule has 4 aromatic rings. The third-order valence-electron chi connectivity index (χ3n) is 3.93. The van der Waals surface area contributed by atoms with Gasteiger partial charge in [-0.2, -0.15) is 0 Å². The van der Waals surface area contributed by atoms with Crippen LogP contribution in [-0.4, -0.2) is 26.3 Å². The molecule has 2 aromatic carbocycles. The number of rotatable bonds is 3. The zero-order valence-corrected chi connectivity index (χ0v) is 12.8. The predicted molar refractivity (Wildman–Crippen MR) is 89.0 cm³/mol. The molecule has 0 aliphatic carbocycles. The summed E-state index contributed by atoms with van der Waals surface area (Å²) in [6.07, 6.45) is 3.20. The molecule has 6 heteroatoms. The van der Waals surface area contributed by atoms with Gasteiger partial charge in [0, 0.05) is 30.2 Å². The highest BCUT2D eigenvalue weighted by atomic mass is 16.5. The van der Waals surface area contributed by atoms with Crippen LogP contribution in [0.4, 0.5) is 0 Å². The first-order chi connectivity index (χ1) is 11.6. The SMILES string of the molecule is Cn1cnc2cc(OC(=O)C(=O)c3c[nH]c4ccccc34)ccc21. The van der Waals surface area contributed by atoms with Gasteiger partial charge in [-0.25, -0.2) is 9.78 Å². The van der Waals surface area contributed by atoms with E-state index in [1.165, 1.54) is 6.20 Å². The lowest BCUT2D eigenvalue weighted by molar-refractivity contribution is -0.129. The number of nitrogens with one attached hydrogen (secondary N) is 1. The minimum absolute atomic E-state index is 0.291. The van der Waals surface area contributed by atoms with Crippen molar-refractivity contribution in [3.8, 4) is 5.75 Å². The van der Waals surface area contributed by atoms with Gasteiger partial charge in [0.1, 0.15) is 5.75 Å². The number of fused-ring (bicyclic) bond motifs is 2. The summed E-state index contributed by atoms with van der Waals surface area (Å²) in [6, 6.07) is 12.4. The average Bonchev–Trinajstić information content (AvgIpc) is 3.18. The number of Topliss-reactive ketones (excluding diaryl/α,β-unsaturated/α-hetero) is 1. The number of ether oxygens (including phenoxy) is 1. The number of hydrogen-bond donors (Lipinski definition) is 1. The van der Waals surface area contributed by atoms with Crippen LogP contribution in [0.5, 0.6) is 5.75 Å². The van der Waals surface area contributed by atoms with Gasteiger partial charge in [0.25, 0.3) is 5.78 Å². The second-order valence-electron chi connectivity index (χ2n) is 5.47. The van der Waals surface area contributed by atoms with Crippen molar-refractivity contribution in [2.75, 3.05) is 0 Å². The molecule has 0 radical (unpaired) electrons. The molecule has 0 aliphatic rings. The smallest absolute Gasteiger partial charge is 0.385 e. The van der Waals surface area contributed by atoms with E-state index in [0.29, 0.717) is 22.2 Å². The van der Waals surface area contributed by atoms with Gasteiger partial charge in [0.05, 0.1) is 22.9 Å². The Kier molecular flexibility index (Phi) is 3.16. The minimum Gasteiger partial charge on any atom is -0.420 e. The number of aromatic nitrogens is 3. The van der Waals surface area contributed by atoms with Crippen molar-refractivity contribution in [3.05, 3.63) is 60.6 Å². The highest BCUT2D eigenvalue weighted by Crippen LogP contribution is 2.21. The van der Waals surface area contributed by atoms with E-state index in [1.807, 2.05) is 29.8 Å². The highest BCUT2D eigenvalue weighted by molar-refractivity contribution is 6.43. The number of carbonyl (C=O) groups excluding carboxylic acids is 2. The third kappa shape index (κ3) is 2.25. The van der Waals surface area contributed by atoms with Crippen LogP contribution in [0.15, 0.2) is 55.0 Å². The fourth-order valence-corrected chi connectivity index (χ4v) is 2.70. The molecule has 0 unspecified atom stereocenters. The van der Waals surface area contributed by atoms with Crippen LogP contribution in [0.25, 0.3) is 21.9 Å². The quantitative estimate of drug-likeness (QED) is 0.273. The summed E-state index contributed by atoms with van der Waals surface area (Å²) in [5, 5.41) is 0.694. The van der Waals surface area contributed by atoms with Gasteiger partial charge < -0.3 is 14.3 Å². The van der Waals surface area contributed by atoms with Crippen molar-refractivity contribution in [1.29, 1.82) is 0 Å².